The lowest BCUT2D eigenvalue weighted by Crippen LogP contribution is -2.60. The largest absolute Gasteiger partial charge is 0.548 e. The number of aromatic amines is 1. The Bertz CT molecular complexity index is 1490. The second kappa shape index (κ2) is 12.6. The third kappa shape index (κ3) is 7.04. The van der Waals surface area contributed by atoms with Gasteiger partial charge in [-0.2, -0.15) is 0 Å². The summed E-state index contributed by atoms with van der Waals surface area (Å²) < 4.78 is 33.1. The van der Waals surface area contributed by atoms with Gasteiger partial charge in [0.2, 0.25) is 27.7 Å². The third-order valence-electron chi connectivity index (χ3n) is 6.51. The summed E-state index contributed by atoms with van der Waals surface area (Å²) in [6.07, 6.45) is 1.89. The number of sulfonamides is 1. The number of aromatic nitrogens is 1. The molecule has 15 heteroatoms. The van der Waals surface area contributed by atoms with Crippen molar-refractivity contribution in [2.75, 3.05) is 19.8 Å². The summed E-state index contributed by atoms with van der Waals surface area (Å²) in [5, 5.41) is 15.8. The number of para-hydroxylation sites is 1. The van der Waals surface area contributed by atoms with Crippen molar-refractivity contribution >= 4 is 56.0 Å². The van der Waals surface area contributed by atoms with Crippen LogP contribution in [0.3, 0.4) is 0 Å². The number of amides is 3. The molecule has 13 nitrogen and oxygen atoms in total. The maximum atomic E-state index is 13.5. The van der Waals surface area contributed by atoms with E-state index in [0.717, 1.165) is 27.8 Å². The van der Waals surface area contributed by atoms with Gasteiger partial charge in [0.05, 0.1) is 12.6 Å². The average molecular weight is 591 g/mol. The summed E-state index contributed by atoms with van der Waals surface area (Å²) in [7, 11) is -3.86. The molecule has 5 N–H and O–H groups in total. The number of primary amides is 1. The van der Waals surface area contributed by atoms with E-state index in [2.05, 4.69) is 15.0 Å². The Morgan fingerprint density at radius 2 is 1.95 bits per heavy atom. The molecule has 3 amide bonds. The minimum atomic E-state index is -3.86. The Labute approximate surface area is 233 Å². The summed E-state index contributed by atoms with van der Waals surface area (Å²) in [6, 6.07) is 7.45. The summed E-state index contributed by atoms with van der Waals surface area (Å²) in [5.41, 5.74) is 7.20. The van der Waals surface area contributed by atoms with Crippen molar-refractivity contribution in [3.05, 3.63) is 53.5 Å². The summed E-state index contributed by atoms with van der Waals surface area (Å²) in [5.74, 6) is -3.69. The van der Waals surface area contributed by atoms with Crippen molar-refractivity contribution < 1.29 is 37.4 Å². The number of carbonyl (C=O) groups is 4. The van der Waals surface area contributed by atoms with E-state index in [1.807, 2.05) is 24.3 Å². The normalized spacial score (nSPS) is 18.4. The number of hydrogen-bond donors (Lipinski definition) is 4. The lowest BCUT2D eigenvalue weighted by Gasteiger charge is -2.39. The summed E-state index contributed by atoms with van der Waals surface area (Å²) >= 11 is 1.04. The van der Waals surface area contributed by atoms with Gasteiger partial charge >= 0.3 is 0 Å². The highest BCUT2D eigenvalue weighted by atomic mass is 32.2. The lowest BCUT2D eigenvalue weighted by atomic mass is 9.96. The first-order chi connectivity index (χ1) is 19.0. The van der Waals surface area contributed by atoms with Gasteiger partial charge in [-0.05, 0) is 35.9 Å². The van der Waals surface area contributed by atoms with Crippen molar-refractivity contribution in [2.45, 2.75) is 41.6 Å². The Hall–Kier alpha value is -3.79. The van der Waals surface area contributed by atoms with Crippen LogP contribution >= 0.6 is 11.3 Å². The SMILES string of the molecule is NC(=O)[C@@H](Cc1c[nH]c2ccccc12)NC(=O)[C@@H]1C[C@@H](NS(=O)(=O)c2cccs2)CCN1C(=O)COCC(=O)[O-]. The van der Waals surface area contributed by atoms with E-state index in [9.17, 15) is 32.7 Å². The zero-order chi connectivity index (χ0) is 28.9. The van der Waals surface area contributed by atoms with Gasteiger partial charge in [0.25, 0.3) is 0 Å². The number of carbonyl (C=O) groups excluding carboxylic acids is 4. The molecule has 0 unspecified atom stereocenters. The van der Waals surface area contributed by atoms with Gasteiger partial charge in [0.1, 0.15) is 22.9 Å². The molecule has 4 rings (SSSR count). The van der Waals surface area contributed by atoms with E-state index >= 15 is 0 Å². The van der Waals surface area contributed by atoms with E-state index in [0.29, 0.717) is 0 Å². The molecule has 3 atom stereocenters. The molecule has 214 valence electrons. The van der Waals surface area contributed by atoms with Crippen molar-refractivity contribution in [3.63, 3.8) is 0 Å². The highest BCUT2D eigenvalue weighted by molar-refractivity contribution is 7.91. The number of rotatable bonds is 12. The maximum absolute atomic E-state index is 13.5. The molecule has 40 heavy (non-hydrogen) atoms. The van der Waals surface area contributed by atoms with Gasteiger partial charge in [-0.25, -0.2) is 13.1 Å². The van der Waals surface area contributed by atoms with Gasteiger partial charge < -0.3 is 35.6 Å². The molecular weight excluding hydrogens is 562 g/mol. The number of nitrogens with zero attached hydrogens (tertiary/aromatic N) is 1. The van der Waals surface area contributed by atoms with Gasteiger partial charge in [-0.1, -0.05) is 24.3 Å². The molecule has 3 heterocycles. The topological polar surface area (TPSA) is 204 Å². The number of fused-ring (bicyclic) bond motifs is 1. The van der Waals surface area contributed by atoms with Crippen molar-refractivity contribution in [2.24, 2.45) is 5.73 Å². The molecule has 0 saturated carbocycles. The van der Waals surface area contributed by atoms with E-state index in [4.69, 9.17) is 10.5 Å². The van der Waals surface area contributed by atoms with Gasteiger partial charge in [0, 0.05) is 36.1 Å². The second-order valence-corrected chi connectivity index (χ2v) is 12.2. The molecule has 1 saturated heterocycles. The fourth-order valence-corrected chi connectivity index (χ4v) is 6.92. The van der Waals surface area contributed by atoms with Crippen LogP contribution in [-0.4, -0.2) is 79.9 Å². The first kappa shape index (κ1) is 29.2. The molecule has 1 aromatic carbocycles. The number of thiophene rings is 1. The van der Waals surface area contributed by atoms with Gasteiger partial charge in [-0.15, -0.1) is 11.3 Å². The number of ether oxygens (including phenoxy) is 1. The minimum absolute atomic E-state index is 0.0209. The molecule has 1 fully saturated rings. The first-order valence-electron chi connectivity index (χ1n) is 12.3. The van der Waals surface area contributed by atoms with Crippen molar-refractivity contribution in [1.29, 1.82) is 0 Å². The fourth-order valence-electron chi connectivity index (χ4n) is 4.63. The Balaban J connectivity index is 1.52. The molecule has 2 aromatic heterocycles. The number of benzene rings is 1. The quantitative estimate of drug-likeness (QED) is 0.202. The fraction of sp³-hybridized carbons (Fsp3) is 0.360. The van der Waals surface area contributed by atoms with Crippen LogP contribution in [0.2, 0.25) is 0 Å². The van der Waals surface area contributed by atoms with E-state index < -0.39 is 65.1 Å². The molecule has 0 aliphatic carbocycles. The molecule has 0 radical (unpaired) electrons. The Morgan fingerprint density at radius 1 is 1.18 bits per heavy atom. The number of carboxylic acid groups (broad SMARTS) is 1. The van der Waals surface area contributed by atoms with Crippen LogP contribution in [-0.2, 0) is 40.4 Å². The standard InChI is InChI=1S/C25H29N5O8S2/c26-24(34)19(10-15-12-27-18-5-2-1-4-17(15)18)28-25(35)20-11-16(29-40(36,37)23-6-3-9-39-23)7-8-30(20)21(31)13-38-14-22(32)33/h1-6,9,12,16,19-20,27,29H,7-8,10-11,13-14H2,(H2,26,34)(H,28,35)(H,32,33)/p-1/t16-,19+,20-/m0/s1. The predicted octanol–water partition coefficient (Wildman–Crippen LogP) is -1.15. The zero-order valence-electron chi connectivity index (χ0n) is 21.2. The second-order valence-electron chi connectivity index (χ2n) is 9.27. The number of hydrogen-bond acceptors (Lipinski definition) is 9. The average Bonchev–Trinajstić information content (AvgIpc) is 3.59. The van der Waals surface area contributed by atoms with Gasteiger partial charge in [-0.3, -0.25) is 14.4 Å². The zero-order valence-corrected chi connectivity index (χ0v) is 22.8. The van der Waals surface area contributed by atoms with E-state index in [1.165, 1.54) is 11.0 Å². The number of nitrogens with two attached hydrogens (primary N) is 1. The number of carboxylic acids is 1. The molecule has 1 aliphatic heterocycles. The van der Waals surface area contributed by atoms with Gasteiger partial charge in [0.15, 0.2) is 0 Å². The number of H-pyrrole nitrogens is 1. The molecular formula is C25H28N5O8S2-. The number of piperidine rings is 1. The maximum Gasteiger partial charge on any atom is 0.250 e. The third-order valence-corrected chi connectivity index (χ3v) is 9.43. The number of aliphatic carboxylic acids is 1. The summed E-state index contributed by atoms with van der Waals surface area (Å²) in [4.78, 5) is 53.6. The molecule has 0 spiro atoms. The molecule has 1 aliphatic rings. The first-order valence-corrected chi connectivity index (χ1v) is 14.7. The van der Waals surface area contributed by atoms with Crippen LogP contribution in [0.4, 0.5) is 0 Å². The monoisotopic (exact) mass is 590 g/mol. The lowest BCUT2D eigenvalue weighted by molar-refractivity contribution is -0.309. The smallest absolute Gasteiger partial charge is 0.250 e. The number of likely N-dealkylation sites (tertiary alicyclic amines) is 1. The van der Waals surface area contributed by atoms with Crippen LogP contribution < -0.4 is 20.9 Å². The molecule has 0 bridgehead atoms. The van der Waals surface area contributed by atoms with E-state index in [1.54, 1.807) is 17.6 Å². The van der Waals surface area contributed by atoms with Crippen LogP contribution in [0.1, 0.15) is 18.4 Å². The van der Waals surface area contributed by atoms with Crippen LogP contribution in [0.25, 0.3) is 10.9 Å². The van der Waals surface area contributed by atoms with Crippen molar-refractivity contribution in [3.8, 4) is 0 Å². The minimum Gasteiger partial charge on any atom is -0.548 e. The molecule has 3 aromatic rings. The number of nitrogens with one attached hydrogen (secondary N) is 3. The Kier molecular flexibility index (Phi) is 9.19. The Morgan fingerprint density at radius 3 is 2.65 bits per heavy atom. The predicted molar refractivity (Wildman–Crippen MR) is 142 cm³/mol. The van der Waals surface area contributed by atoms with Crippen molar-refractivity contribution in [1.82, 2.24) is 19.9 Å². The van der Waals surface area contributed by atoms with Crippen LogP contribution in [0.15, 0.2) is 52.2 Å². The van der Waals surface area contributed by atoms with E-state index in [-0.39, 0.29) is 30.0 Å². The summed E-state index contributed by atoms with van der Waals surface area (Å²) in [6.45, 7) is -1.46. The van der Waals surface area contributed by atoms with Crippen LogP contribution in [0.5, 0.6) is 0 Å². The highest BCUT2D eigenvalue weighted by Gasteiger charge is 2.39. The van der Waals surface area contributed by atoms with Crippen LogP contribution in [0, 0.1) is 0 Å². The highest BCUT2D eigenvalue weighted by Crippen LogP contribution is 2.23.